The van der Waals surface area contributed by atoms with E-state index >= 15 is 0 Å². The predicted molar refractivity (Wildman–Crippen MR) is 82.3 cm³/mol. The summed E-state index contributed by atoms with van der Waals surface area (Å²) in [4.78, 5) is 10.2. The summed E-state index contributed by atoms with van der Waals surface area (Å²) < 4.78 is 0. The molecular weight excluding hydrogens is 236 g/mol. The first-order chi connectivity index (χ1) is 8.39. The molecule has 2 nitrogen and oxygen atoms in total. The van der Waals surface area contributed by atoms with Crippen LogP contribution in [0.25, 0.3) is 0 Å². The van der Waals surface area contributed by atoms with Gasteiger partial charge in [0, 0.05) is 0 Å². The zero-order valence-electron chi connectivity index (χ0n) is 14.0. The van der Waals surface area contributed by atoms with Crippen LogP contribution in [0.3, 0.4) is 0 Å². The van der Waals surface area contributed by atoms with Crippen molar-refractivity contribution in [2.45, 2.75) is 73.5 Å². The van der Waals surface area contributed by atoms with Gasteiger partial charge in [0.05, 0.1) is 11.2 Å². The molecule has 1 aromatic rings. The number of benzene rings is 1. The smallest absolute Gasteiger partial charge is 0.0952 e. The van der Waals surface area contributed by atoms with Crippen molar-refractivity contribution in [3.05, 3.63) is 34.9 Å². The highest BCUT2D eigenvalue weighted by Gasteiger charge is 2.18. The van der Waals surface area contributed by atoms with Crippen LogP contribution >= 0.6 is 0 Å². The first kappa shape index (κ1) is 18.1. The lowest BCUT2D eigenvalue weighted by Gasteiger charge is -2.24. The zero-order valence-corrected chi connectivity index (χ0v) is 14.0. The van der Waals surface area contributed by atoms with Crippen molar-refractivity contribution in [3.8, 4) is 0 Å². The van der Waals surface area contributed by atoms with E-state index in [1.807, 2.05) is 41.5 Å². The fraction of sp³-hybridized carbons (Fsp3) is 0.647. The lowest BCUT2D eigenvalue weighted by atomic mass is 10.1. The quantitative estimate of drug-likeness (QED) is 0.517. The summed E-state index contributed by atoms with van der Waals surface area (Å²) in [7, 11) is 0. The van der Waals surface area contributed by atoms with Gasteiger partial charge in [-0.05, 0) is 62.3 Å². The van der Waals surface area contributed by atoms with E-state index in [0.717, 1.165) is 0 Å². The Hall–Kier alpha value is -0.860. The van der Waals surface area contributed by atoms with Gasteiger partial charge >= 0.3 is 0 Å². The molecule has 0 bridgehead atoms. The van der Waals surface area contributed by atoms with Gasteiger partial charge < -0.3 is 0 Å². The first-order valence-electron chi connectivity index (χ1n) is 6.81. The minimum absolute atomic E-state index is 0.215. The summed E-state index contributed by atoms with van der Waals surface area (Å²) in [5.41, 5.74) is 3.63. The highest BCUT2D eigenvalue weighted by molar-refractivity contribution is 5.27. The molecule has 2 heteroatoms. The molecule has 0 spiro atoms. The lowest BCUT2D eigenvalue weighted by molar-refractivity contribution is -0.393. The molecule has 110 valence electrons. The van der Waals surface area contributed by atoms with Crippen LogP contribution < -0.4 is 0 Å². The highest BCUT2D eigenvalue weighted by Crippen LogP contribution is 2.14. The molecule has 0 saturated heterocycles. The van der Waals surface area contributed by atoms with E-state index in [9.17, 15) is 0 Å². The van der Waals surface area contributed by atoms with E-state index in [-0.39, 0.29) is 11.2 Å². The molecule has 0 aliphatic heterocycles. The average Bonchev–Trinajstić information content (AvgIpc) is 2.11. The molecule has 0 radical (unpaired) electrons. The van der Waals surface area contributed by atoms with Crippen molar-refractivity contribution < 1.29 is 9.78 Å². The normalized spacial score (nSPS) is 11.8. The van der Waals surface area contributed by atoms with E-state index in [2.05, 4.69) is 39.0 Å². The van der Waals surface area contributed by atoms with E-state index in [4.69, 9.17) is 9.78 Å². The Balaban J connectivity index is 0.000000342. The van der Waals surface area contributed by atoms with E-state index in [0.29, 0.717) is 0 Å². The molecule has 0 saturated carbocycles. The SMILES string of the molecule is CC(C)(C)OOC(C)(C)C.Cc1cc(C)cc(C)c1. The van der Waals surface area contributed by atoms with Crippen molar-refractivity contribution in [1.82, 2.24) is 0 Å². The molecule has 0 aromatic heterocycles. The third kappa shape index (κ3) is 11.9. The van der Waals surface area contributed by atoms with Crippen molar-refractivity contribution in [2.24, 2.45) is 0 Å². The molecular formula is C17H30O2. The van der Waals surface area contributed by atoms with Gasteiger partial charge in [-0.15, -0.1) is 0 Å². The molecule has 0 aliphatic carbocycles. The Kier molecular flexibility index (Phi) is 6.74. The summed E-state index contributed by atoms with van der Waals surface area (Å²) in [6.45, 7) is 18.1. The highest BCUT2D eigenvalue weighted by atomic mass is 17.2. The molecule has 1 rings (SSSR count). The van der Waals surface area contributed by atoms with Gasteiger partial charge in [0.1, 0.15) is 0 Å². The molecule has 0 atom stereocenters. The largest absolute Gasteiger partial charge is 0.230 e. The van der Waals surface area contributed by atoms with Gasteiger partial charge in [0.25, 0.3) is 0 Å². The van der Waals surface area contributed by atoms with Crippen LogP contribution in [0.4, 0.5) is 0 Å². The fourth-order valence-corrected chi connectivity index (χ4v) is 1.45. The van der Waals surface area contributed by atoms with Crippen molar-refractivity contribution in [2.75, 3.05) is 0 Å². The maximum Gasteiger partial charge on any atom is 0.0952 e. The second-order valence-corrected chi connectivity index (χ2v) is 7.06. The summed E-state index contributed by atoms with van der Waals surface area (Å²) in [6.07, 6.45) is 0. The Labute approximate surface area is 119 Å². The Bertz CT molecular complexity index is 317. The molecule has 0 N–H and O–H groups in total. The van der Waals surface area contributed by atoms with Crippen LogP contribution in [0.2, 0.25) is 0 Å². The van der Waals surface area contributed by atoms with Crippen LogP contribution in [0.5, 0.6) is 0 Å². The topological polar surface area (TPSA) is 18.5 Å². The number of rotatable bonds is 1. The molecule has 0 unspecified atom stereocenters. The lowest BCUT2D eigenvalue weighted by Crippen LogP contribution is -2.27. The van der Waals surface area contributed by atoms with E-state index < -0.39 is 0 Å². The molecule has 0 aliphatic rings. The third-order valence-electron chi connectivity index (χ3n) is 1.91. The van der Waals surface area contributed by atoms with Crippen LogP contribution in [0.1, 0.15) is 58.2 Å². The molecule has 0 heterocycles. The Morgan fingerprint density at radius 2 is 0.789 bits per heavy atom. The third-order valence-corrected chi connectivity index (χ3v) is 1.91. The summed E-state index contributed by atoms with van der Waals surface area (Å²) >= 11 is 0. The van der Waals surface area contributed by atoms with Crippen molar-refractivity contribution >= 4 is 0 Å². The maximum atomic E-state index is 5.09. The second-order valence-electron chi connectivity index (χ2n) is 7.06. The van der Waals surface area contributed by atoms with Gasteiger partial charge in [0.15, 0.2) is 0 Å². The van der Waals surface area contributed by atoms with Crippen LogP contribution in [-0.4, -0.2) is 11.2 Å². The van der Waals surface area contributed by atoms with E-state index in [1.165, 1.54) is 16.7 Å². The molecule has 1 aromatic carbocycles. The zero-order chi connectivity index (χ0) is 15.3. The Morgan fingerprint density at radius 3 is 0.947 bits per heavy atom. The van der Waals surface area contributed by atoms with Gasteiger partial charge in [-0.25, -0.2) is 9.78 Å². The second kappa shape index (κ2) is 7.06. The number of hydrogen-bond donors (Lipinski definition) is 0. The van der Waals surface area contributed by atoms with Gasteiger partial charge in [-0.3, -0.25) is 0 Å². The van der Waals surface area contributed by atoms with Gasteiger partial charge in [-0.1, -0.05) is 34.9 Å². The predicted octanol–water partition coefficient (Wildman–Crippen LogP) is 5.14. The fourth-order valence-electron chi connectivity index (χ4n) is 1.45. The maximum absolute atomic E-state index is 5.09. The van der Waals surface area contributed by atoms with Crippen molar-refractivity contribution in [1.29, 1.82) is 0 Å². The molecule has 0 amide bonds. The summed E-state index contributed by atoms with van der Waals surface area (Å²) in [5, 5.41) is 0. The minimum Gasteiger partial charge on any atom is -0.230 e. The first-order valence-corrected chi connectivity index (χ1v) is 6.81. The van der Waals surface area contributed by atoms with Crippen molar-refractivity contribution in [3.63, 3.8) is 0 Å². The molecule has 19 heavy (non-hydrogen) atoms. The van der Waals surface area contributed by atoms with Crippen LogP contribution in [0.15, 0.2) is 18.2 Å². The van der Waals surface area contributed by atoms with Gasteiger partial charge in [0.2, 0.25) is 0 Å². The Morgan fingerprint density at radius 1 is 0.579 bits per heavy atom. The minimum atomic E-state index is -0.215. The average molecular weight is 266 g/mol. The van der Waals surface area contributed by atoms with Gasteiger partial charge in [-0.2, -0.15) is 0 Å². The van der Waals surface area contributed by atoms with Crippen LogP contribution in [0, 0.1) is 20.8 Å². The summed E-state index contributed by atoms with van der Waals surface area (Å²) in [6, 6.07) is 6.56. The number of hydrogen-bond acceptors (Lipinski definition) is 2. The number of aryl methyl sites for hydroxylation is 3. The standard InChI is InChI=1S/C9H12.C8H18O2/c1-7-4-8(2)6-9(3)5-7;1-7(2,3)9-10-8(4,5)6/h4-6H,1-3H3;1-6H3. The van der Waals surface area contributed by atoms with Crippen LogP contribution in [-0.2, 0) is 9.78 Å². The van der Waals surface area contributed by atoms with E-state index in [1.54, 1.807) is 0 Å². The monoisotopic (exact) mass is 266 g/mol. The molecule has 0 fully saturated rings. The summed E-state index contributed by atoms with van der Waals surface area (Å²) in [5.74, 6) is 0.